The van der Waals surface area contributed by atoms with Crippen LogP contribution in [0.15, 0.2) is 10.2 Å². The third kappa shape index (κ3) is 8.86. The van der Waals surface area contributed by atoms with Gasteiger partial charge in [-0.25, -0.2) is 9.59 Å². The average molecular weight is 216 g/mol. The SMILES string of the molecule is CCCCCCOC(=O)N=NC(=O)OC. The zero-order valence-electron chi connectivity index (χ0n) is 9.06. The number of unbranched alkanes of at least 4 members (excludes halogenated alkanes) is 3. The molecule has 0 aromatic rings. The van der Waals surface area contributed by atoms with Crippen LogP contribution in [0.1, 0.15) is 32.6 Å². The Hall–Kier alpha value is -1.46. The van der Waals surface area contributed by atoms with Crippen LogP contribution in [0, 0.1) is 0 Å². The van der Waals surface area contributed by atoms with E-state index in [4.69, 9.17) is 0 Å². The fourth-order valence-corrected chi connectivity index (χ4v) is 0.840. The maximum absolute atomic E-state index is 10.8. The maximum Gasteiger partial charge on any atom is 0.452 e. The van der Waals surface area contributed by atoms with Crippen LogP contribution in [0.2, 0.25) is 0 Å². The summed E-state index contributed by atoms with van der Waals surface area (Å²) < 4.78 is 8.83. The summed E-state index contributed by atoms with van der Waals surface area (Å²) in [5, 5.41) is 5.95. The van der Waals surface area contributed by atoms with E-state index in [0.717, 1.165) is 32.8 Å². The molecule has 0 saturated carbocycles. The third-order valence-electron chi connectivity index (χ3n) is 1.61. The highest BCUT2D eigenvalue weighted by Gasteiger charge is 2.01. The highest BCUT2D eigenvalue weighted by atomic mass is 16.6. The molecule has 0 unspecified atom stereocenters. The molecule has 0 aliphatic carbocycles. The summed E-state index contributed by atoms with van der Waals surface area (Å²) >= 11 is 0. The topological polar surface area (TPSA) is 77.3 Å². The van der Waals surface area contributed by atoms with E-state index < -0.39 is 12.2 Å². The van der Waals surface area contributed by atoms with Gasteiger partial charge in [-0.1, -0.05) is 36.4 Å². The molecule has 6 heteroatoms. The molecular weight excluding hydrogens is 200 g/mol. The second-order valence-corrected chi connectivity index (χ2v) is 2.85. The van der Waals surface area contributed by atoms with Crippen molar-refractivity contribution in [3.05, 3.63) is 0 Å². The molecule has 0 aliphatic heterocycles. The van der Waals surface area contributed by atoms with Gasteiger partial charge >= 0.3 is 12.2 Å². The van der Waals surface area contributed by atoms with Gasteiger partial charge < -0.3 is 9.47 Å². The molecule has 6 nitrogen and oxygen atoms in total. The quantitative estimate of drug-likeness (QED) is 0.522. The first kappa shape index (κ1) is 13.5. The van der Waals surface area contributed by atoms with Crippen molar-refractivity contribution in [2.75, 3.05) is 13.7 Å². The van der Waals surface area contributed by atoms with E-state index in [1.807, 2.05) is 0 Å². The molecule has 15 heavy (non-hydrogen) atoms. The molecule has 0 atom stereocenters. The average Bonchev–Trinajstić information content (AvgIpc) is 2.25. The van der Waals surface area contributed by atoms with Gasteiger partial charge in [0.1, 0.15) is 0 Å². The molecule has 86 valence electrons. The minimum absolute atomic E-state index is 0.305. The number of carbonyl (C=O) groups is 2. The van der Waals surface area contributed by atoms with Gasteiger partial charge in [0, 0.05) is 0 Å². The van der Waals surface area contributed by atoms with Crippen LogP contribution in [0.4, 0.5) is 9.59 Å². The molecule has 0 aliphatic rings. The zero-order chi connectivity index (χ0) is 11.5. The maximum atomic E-state index is 10.8. The van der Waals surface area contributed by atoms with Gasteiger partial charge in [-0.05, 0) is 6.42 Å². The summed E-state index contributed by atoms with van der Waals surface area (Å²) in [5.74, 6) is 0. The van der Waals surface area contributed by atoms with Gasteiger partial charge in [-0.3, -0.25) is 0 Å². The van der Waals surface area contributed by atoms with Crippen LogP contribution in [0.3, 0.4) is 0 Å². The Bertz CT molecular complexity index is 228. The van der Waals surface area contributed by atoms with Gasteiger partial charge in [0.15, 0.2) is 0 Å². The smallest absolute Gasteiger partial charge is 0.450 e. The number of amides is 2. The molecule has 0 N–H and O–H groups in total. The Morgan fingerprint density at radius 2 is 1.73 bits per heavy atom. The van der Waals surface area contributed by atoms with E-state index in [1.54, 1.807) is 0 Å². The van der Waals surface area contributed by atoms with E-state index in [1.165, 1.54) is 0 Å². The number of ether oxygens (including phenoxy) is 2. The number of azo groups is 1. The van der Waals surface area contributed by atoms with E-state index in [0.29, 0.717) is 6.61 Å². The summed E-state index contributed by atoms with van der Waals surface area (Å²) in [5.41, 5.74) is 0. The number of hydrogen-bond acceptors (Lipinski definition) is 4. The summed E-state index contributed by atoms with van der Waals surface area (Å²) in [4.78, 5) is 21.2. The molecule has 0 heterocycles. The minimum atomic E-state index is -0.919. The highest BCUT2D eigenvalue weighted by molar-refractivity contribution is 5.72. The highest BCUT2D eigenvalue weighted by Crippen LogP contribution is 1.99. The molecule has 2 amide bonds. The van der Waals surface area contributed by atoms with Crippen LogP contribution in [0.25, 0.3) is 0 Å². The normalized spacial score (nSPS) is 10.3. The first-order valence-corrected chi connectivity index (χ1v) is 4.87. The lowest BCUT2D eigenvalue weighted by atomic mass is 10.2. The van der Waals surface area contributed by atoms with E-state index in [9.17, 15) is 9.59 Å². The van der Waals surface area contributed by atoms with Crippen molar-refractivity contribution in [2.45, 2.75) is 32.6 Å². The Morgan fingerprint density at radius 1 is 1.07 bits per heavy atom. The van der Waals surface area contributed by atoms with Crippen molar-refractivity contribution >= 4 is 12.2 Å². The second-order valence-electron chi connectivity index (χ2n) is 2.85. The molecule has 0 spiro atoms. The fourth-order valence-electron chi connectivity index (χ4n) is 0.840. The van der Waals surface area contributed by atoms with Crippen LogP contribution in [-0.4, -0.2) is 25.9 Å². The van der Waals surface area contributed by atoms with Gasteiger partial charge in [-0.15, -0.1) is 0 Å². The lowest BCUT2D eigenvalue weighted by Gasteiger charge is -1.99. The monoisotopic (exact) mass is 216 g/mol. The molecule has 0 rings (SSSR count). The van der Waals surface area contributed by atoms with Crippen LogP contribution < -0.4 is 0 Å². The molecular formula is C9H16N2O4. The Labute approximate surface area is 88.7 Å². The number of rotatable bonds is 5. The van der Waals surface area contributed by atoms with Crippen molar-refractivity contribution in [2.24, 2.45) is 10.2 Å². The molecule has 0 fully saturated rings. The van der Waals surface area contributed by atoms with Gasteiger partial charge in [0.25, 0.3) is 0 Å². The summed E-state index contributed by atoms with van der Waals surface area (Å²) in [7, 11) is 1.15. The number of carbonyl (C=O) groups excluding carboxylic acids is 2. The van der Waals surface area contributed by atoms with Gasteiger partial charge in [0.2, 0.25) is 0 Å². The Balaban J connectivity index is 3.49. The molecule has 0 aromatic heterocycles. The number of hydrogen-bond donors (Lipinski definition) is 0. The second kappa shape index (κ2) is 9.11. The van der Waals surface area contributed by atoms with Crippen molar-refractivity contribution in [3.8, 4) is 0 Å². The van der Waals surface area contributed by atoms with Crippen LogP contribution in [-0.2, 0) is 9.47 Å². The summed E-state index contributed by atoms with van der Waals surface area (Å²) in [6.07, 6.45) is 2.26. The van der Waals surface area contributed by atoms with Crippen molar-refractivity contribution < 1.29 is 19.1 Å². The summed E-state index contributed by atoms with van der Waals surface area (Å²) in [6.45, 7) is 2.40. The third-order valence-corrected chi connectivity index (χ3v) is 1.61. The minimum Gasteiger partial charge on any atom is -0.450 e. The molecule has 0 radical (unpaired) electrons. The fraction of sp³-hybridized carbons (Fsp3) is 0.778. The van der Waals surface area contributed by atoms with E-state index in [2.05, 4.69) is 26.6 Å². The predicted molar refractivity (Wildman–Crippen MR) is 52.8 cm³/mol. The van der Waals surface area contributed by atoms with Crippen LogP contribution >= 0.6 is 0 Å². The van der Waals surface area contributed by atoms with Gasteiger partial charge in [0.05, 0.1) is 13.7 Å². The molecule has 0 saturated heterocycles. The lowest BCUT2D eigenvalue weighted by molar-refractivity contribution is 0.150. The molecule has 0 bridgehead atoms. The first-order chi connectivity index (χ1) is 7.20. The Kier molecular flexibility index (Phi) is 8.22. The summed E-state index contributed by atoms with van der Waals surface area (Å²) in [6, 6.07) is 0. The van der Waals surface area contributed by atoms with E-state index >= 15 is 0 Å². The van der Waals surface area contributed by atoms with Crippen molar-refractivity contribution in [1.29, 1.82) is 0 Å². The van der Waals surface area contributed by atoms with Crippen LogP contribution in [0.5, 0.6) is 0 Å². The van der Waals surface area contributed by atoms with Gasteiger partial charge in [-0.2, -0.15) is 0 Å². The first-order valence-electron chi connectivity index (χ1n) is 4.87. The number of methoxy groups -OCH3 is 1. The predicted octanol–water partition coefficient (Wildman–Crippen LogP) is 2.92. The lowest BCUT2D eigenvalue weighted by Crippen LogP contribution is -2.01. The number of nitrogens with zero attached hydrogens (tertiary/aromatic N) is 2. The standard InChI is InChI=1S/C9H16N2O4/c1-3-4-5-6-7-15-9(13)11-10-8(12)14-2/h3-7H2,1-2H3. The largest absolute Gasteiger partial charge is 0.452 e. The van der Waals surface area contributed by atoms with E-state index in [-0.39, 0.29) is 0 Å². The van der Waals surface area contributed by atoms with Crippen molar-refractivity contribution in [3.63, 3.8) is 0 Å². The van der Waals surface area contributed by atoms with Crippen molar-refractivity contribution in [1.82, 2.24) is 0 Å². The Morgan fingerprint density at radius 3 is 2.33 bits per heavy atom. The zero-order valence-corrected chi connectivity index (χ0v) is 9.06. The molecule has 0 aromatic carbocycles.